The first-order valence-corrected chi connectivity index (χ1v) is 6.87. The lowest BCUT2D eigenvalue weighted by Gasteiger charge is -2.09. The maximum absolute atomic E-state index is 11.6. The van der Waals surface area contributed by atoms with Crippen molar-refractivity contribution in [3.8, 4) is 11.1 Å². The Morgan fingerprint density at radius 2 is 1.89 bits per heavy atom. The minimum atomic E-state index is -0.301. The van der Waals surface area contributed by atoms with Gasteiger partial charge in [-0.15, -0.1) is 0 Å². The van der Waals surface area contributed by atoms with Crippen LogP contribution in [-0.4, -0.2) is 11.2 Å². The van der Waals surface area contributed by atoms with Gasteiger partial charge in [-0.25, -0.2) is 0 Å². The Kier molecular flexibility index (Phi) is 3.07. The molecule has 0 heterocycles. The third-order valence-electron chi connectivity index (χ3n) is 3.44. The summed E-state index contributed by atoms with van der Waals surface area (Å²) in [5, 5.41) is 2.58. The number of fused-ring (bicyclic) bond motifs is 3. The van der Waals surface area contributed by atoms with Crippen LogP contribution in [-0.2, 0) is 11.2 Å². The number of hydrogen-bond donors (Lipinski definition) is 2. The molecule has 0 aliphatic heterocycles. The van der Waals surface area contributed by atoms with Gasteiger partial charge in [0.2, 0.25) is 5.91 Å². The first-order chi connectivity index (χ1) is 9.15. The number of benzene rings is 2. The van der Waals surface area contributed by atoms with Crippen molar-refractivity contribution in [2.75, 3.05) is 5.32 Å². The molecule has 0 fully saturated rings. The van der Waals surface area contributed by atoms with E-state index >= 15 is 0 Å². The summed E-state index contributed by atoms with van der Waals surface area (Å²) in [6, 6.07) is 14.5. The third-order valence-corrected chi connectivity index (χ3v) is 3.68. The molecule has 3 heteroatoms. The molecule has 1 unspecified atom stereocenters. The fourth-order valence-corrected chi connectivity index (χ4v) is 2.53. The summed E-state index contributed by atoms with van der Waals surface area (Å²) >= 11 is 4.13. The summed E-state index contributed by atoms with van der Waals surface area (Å²) in [5.41, 5.74) is 6.04. The van der Waals surface area contributed by atoms with Crippen LogP contribution >= 0.6 is 12.6 Å². The lowest BCUT2D eigenvalue weighted by Crippen LogP contribution is -2.20. The Hall–Kier alpha value is -1.74. The predicted octanol–water partition coefficient (Wildman–Crippen LogP) is 3.51. The van der Waals surface area contributed by atoms with Gasteiger partial charge < -0.3 is 5.32 Å². The van der Waals surface area contributed by atoms with Gasteiger partial charge in [-0.2, -0.15) is 12.6 Å². The highest BCUT2D eigenvalue weighted by Crippen LogP contribution is 2.37. The smallest absolute Gasteiger partial charge is 0.236 e. The van der Waals surface area contributed by atoms with Crippen molar-refractivity contribution in [3.63, 3.8) is 0 Å². The Morgan fingerprint density at radius 1 is 1.16 bits per heavy atom. The lowest BCUT2D eigenvalue weighted by molar-refractivity contribution is -0.115. The second-order valence-corrected chi connectivity index (χ2v) is 5.65. The summed E-state index contributed by atoms with van der Waals surface area (Å²) < 4.78 is 0. The number of hydrogen-bond acceptors (Lipinski definition) is 2. The highest BCUT2D eigenvalue weighted by Gasteiger charge is 2.18. The van der Waals surface area contributed by atoms with E-state index in [1.807, 2.05) is 6.07 Å². The molecule has 0 bridgehead atoms. The van der Waals surface area contributed by atoms with Gasteiger partial charge in [0, 0.05) is 5.69 Å². The highest BCUT2D eigenvalue weighted by atomic mass is 32.1. The molecule has 2 aromatic rings. The van der Waals surface area contributed by atoms with Crippen molar-refractivity contribution in [1.29, 1.82) is 0 Å². The van der Waals surface area contributed by atoms with E-state index in [-0.39, 0.29) is 11.2 Å². The van der Waals surface area contributed by atoms with E-state index in [0.29, 0.717) is 0 Å². The first kappa shape index (κ1) is 12.3. The van der Waals surface area contributed by atoms with Crippen LogP contribution in [0.5, 0.6) is 0 Å². The molecule has 0 aromatic heterocycles. The third kappa shape index (κ3) is 2.26. The van der Waals surface area contributed by atoms with E-state index in [1.54, 1.807) is 6.92 Å². The van der Waals surface area contributed by atoms with Gasteiger partial charge in [0.1, 0.15) is 0 Å². The second kappa shape index (κ2) is 4.74. The average molecular weight is 269 g/mol. The molecule has 0 saturated carbocycles. The molecule has 96 valence electrons. The maximum atomic E-state index is 11.6. The largest absolute Gasteiger partial charge is 0.325 e. The average Bonchev–Trinajstić information content (AvgIpc) is 2.76. The van der Waals surface area contributed by atoms with Gasteiger partial charge in [0.15, 0.2) is 0 Å². The molecule has 3 rings (SSSR count). The van der Waals surface area contributed by atoms with Crippen molar-refractivity contribution in [2.45, 2.75) is 18.6 Å². The van der Waals surface area contributed by atoms with E-state index in [2.05, 4.69) is 54.3 Å². The number of amides is 1. The van der Waals surface area contributed by atoms with Crippen LogP contribution in [0, 0.1) is 0 Å². The van der Waals surface area contributed by atoms with E-state index in [0.717, 1.165) is 12.1 Å². The Balaban J connectivity index is 1.91. The molecule has 0 radical (unpaired) electrons. The topological polar surface area (TPSA) is 29.1 Å². The normalized spacial score (nSPS) is 13.6. The number of nitrogens with one attached hydrogen (secondary N) is 1. The van der Waals surface area contributed by atoms with Gasteiger partial charge in [-0.3, -0.25) is 4.79 Å². The van der Waals surface area contributed by atoms with Crippen LogP contribution in [0.25, 0.3) is 11.1 Å². The molecule has 0 saturated heterocycles. The SMILES string of the molecule is CC(S)C(=O)Nc1ccc2c(c1)Cc1ccccc1-2. The quantitative estimate of drug-likeness (QED) is 0.685. The number of anilines is 1. The number of rotatable bonds is 2. The zero-order valence-electron chi connectivity index (χ0n) is 10.7. The van der Waals surface area contributed by atoms with Crippen LogP contribution < -0.4 is 5.32 Å². The lowest BCUT2D eigenvalue weighted by atomic mass is 10.1. The fourth-order valence-electron chi connectivity index (χ4n) is 2.47. The van der Waals surface area contributed by atoms with Crippen LogP contribution in [0.15, 0.2) is 42.5 Å². The van der Waals surface area contributed by atoms with Gasteiger partial charge in [-0.1, -0.05) is 30.3 Å². The van der Waals surface area contributed by atoms with Crippen LogP contribution in [0.4, 0.5) is 5.69 Å². The van der Waals surface area contributed by atoms with Gasteiger partial charge >= 0.3 is 0 Å². The summed E-state index contributed by atoms with van der Waals surface area (Å²) in [7, 11) is 0. The van der Waals surface area contributed by atoms with E-state index in [1.165, 1.54) is 22.3 Å². The van der Waals surface area contributed by atoms with Crippen molar-refractivity contribution >= 4 is 24.2 Å². The van der Waals surface area contributed by atoms with Crippen LogP contribution in [0.3, 0.4) is 0 Å². The van der Waals surface area contributed by atoms with Gasteiger partial charge in [-0.05, 0) is 47.7 Å². The zero-order chi connectivity index (χ0) is 13.4. The van der Waals surface area contributed by atoms with Crippen molar-refractivity contribution < 1.29 is 4.79 Å². The molecule has 2 aromatic carbocycles. The van der Waals surface area contributed by atoms with Crippen molar-refractivity contribution in [2.24, 2.45) is 0 Å². The van der Waals surface area contributed by atoms with E-state index in [9.17, 15) is 4.79 Å². The minimum absolute atomic E-state index is 0.0706. The Morgan fingerprint density at radius 3 is 2.68 bits per heavy atom. The first-order valence-electron chi connectivity index (χ1n) is 6.35. The summed E-state index contributed by atoms with van der Waals surface area (Å²) in [6.07, 6.45) is 0.936. The van der Waals surface area contributed by atoms with Gasteiger partial charge in [0.25, 0.3) is 0 Å². The molecule has 1 amide bonds. The molecule has 1 aliphatic carbocycles. The Labute approximate surface area is 118 Å². The fraction of sp³-hybridized carbons (Fsp3) is 0.188. The second-order valence-electron chi connectivity index (χ2n) is 4.87. The number of carbonyl (C=O) groups is 1. The van der Waals surface area contributed by atoms with E-state index < -0.39 is 0 Å². The molecular weight excluding hydrogens is 254 g/mol. The summed E-state index contributed by atoms with van der Waals surface area (Å²) in [5.74, 6) is -0.0706. The zero-order valence-corrected chi connectivity index (χ0v) is 11.6. The standard InChI is InChI=1S/C16H15NOS/c1-10(19)16(18)17-13-6-7-15-12(9-13)8-11-4-2-3-5-14(11)15/h2-7,9-10,19H,8H2,1H3,(H,17,18). The molecular formula is C16H15NOS. The monoisotopic (exact) mass is 269 g/mol. The van der Waals surface area contributed by atoms with E-state index in [4.69, 9.17) is 0 Å². The molecule has 2 nitrogen and oxygen atoms in total. The van der Waals surface area contributed by atoms with Crippen LogP contribution in [0.1, 0.15) is 18.1 Å². The molecule has 1 aliphatic rings. The maximum Gasteiger partial charge on any atom is 0.236 e. The molecule has 1 atom stereocenters. The van der Waals surface area contributed by atoms with Crippen molar-refractivity contribution in [3.05, 3.63) is 53.6 Å². The molecule has 1 N–H and O–H groups in total. The number of carbonyl (C=O) groups excluding carboxylic acids is 1. The molecule has 19 heavy (non-hydrogen) atoms. The Bertz CT molecular complexity index is 649. The predicted molar refractivity (Wildman–Crippen MR) is 81.8 cm³/mol. The van der Waals surface area contributed by atoms with Gasteiger partial charge in [0.05, 0.1) is 5.25 Å². The summed E-state index contributed by atoms with van der Waals surface area (Å²) in [6.45, 7) is 1.77. The molecule has 0 spiro atoms. The number of thiol groups is 1. The minimum Gasteiger partial charge on any atom is -0.325 e. The van der Waals surface area contributed by atoms with Crippen LogP contribution in [0.2, 0.25) is 0 Å². The summed E-state index contributed by atoms with van der Waals surface area (Å²) in [4.78, 5) is 11.6. The van der Waals surface area contributed by atoms with Crippen molar-refractivity contribution in [1.82, 2.24) is 0 Å². The highest BCUT2D eigenvalue weighted by molar-refractivity contribution is 7.81.